The van der Waals surface area contributed by atoms with Gasteiger partial charge in [-0.05, 0) is 47.7 Å². The van der Waals surface area contributed by atoms with Gasteiger partial charge in [0, 0.05) is 32.9 Å². The number of carboxylic acids is 1. The second kappa shape index (κ2) is 6.38. The maximum Gasteiger partial charge on any atom is 0.335 e. The molecule has 0 saturated carbocycles. The maximum absolute atomic E-state index is 11.0. The van der Waals surface area contributed by atoms with Gasteiger partial charge in [-0.3, -0.25) is 0 Å². The first-order valence-corrected chi connectivity index (χ1v) is 7.73. The highest BCUT2D eigenvalue weighted by molar-refractivity contribution is 5.88. The number of hydrogen-bond donors (Lipinski definition) is 2. The topological polar surface area (TPSA) is 65.5 Å². The molecule has 0 spiro atoms. The van der Waals surface area contributed by atoms with Crippen molar-refractivity contribution in [3.05, 3.63) is 58.8 Å². The molecule has 1 heterocycles. The van der Waals surface area contributed by atoms with Crippen LogP contribution < -0.4 is 10.2 Å². The van der Waals surface area contributed by atoms with Crippen molar-refractivity contribution in [2.24, 2.45) is 0 Å². The summed E-state index contributed by atoms with van der Waals surface area (Å²) in [5.74, 6) is 0.0829. The van der Waals surface area contributed by atoms with Gasteiger partial charge in [-0.1, -0.05) is 12.1 Å². The zero-order valence-electron chi connectivity index (χ0n) is 13.4. The highest BCUT2D eigenvalue weighted by atomic mass is 16.4. The van der Waals surface area contributed by atoms with Crippen LogP contribution in [0.3, 0.4) is 0 Å². The molecule has 2 N–H and O–H groups in total. The first kappa shape index (κ1) is 15.5. The molecule has 1 aromatic heterocycles. The van der Waals surface area contributed by atoms with E-state index in [-0.39, 0.29) is 0 Å². The lowest BCUT2D eigenvalue weighted by molar-refractivity contribution is 0.0697. The van der Waals surface area contributed by atoms with E-state index >= 15 is 0 Å². The molecule has 1 aliphatic carbocycles. The van der Waals surface area contributed by atoms with Crippen LogP contribution in [0.15, 0.2) is 36.5 Å². The van der Waals surface area contributed by atoms with Gasteiger partial charge >= 0.3 is 5.97 Å². The number of nitrogens with one attached hydrogen (secondary N) is 1. The molecule has 5 heteroatoms. The summed E-state index contributed by atoms with van der Waals surface area (Å²) >= 11 is 0. The Labute approximate surface area is 136 Å². The molecule has 3 rings (SSSR count). The lowest BCUT2D eigenvalue weighted by atomic mass is 10.1. The number of nitrogens with zero attached hydrogens (tertiary/aromatic N) is 2. The van der Waals surface area contributed by atoms with Crippen molar-refractivity contribution in [3.63, 3.8) is 0 Å². The van der Waals surface area contributed by atoms with Crippen molar-refractivity contribution in [1.29, 1.82) is 0 Å². The normalized spacial score (nSPS) is 16.2. The Morgan fingerprint density at radius 2 is 2.04 bits per heavy atom. The van der Waals surface area contributed by atoms with Gasteiger partial charge in [-0.2, -0.15) is 0 Å². The molecule has 0 fully saturated rings. The van der Waals surface area contributed by atoms with Gasteiger partial charge < -0.3 is 15.3 Å². The second-order valence-electron chi connectivity index (χ2n) is 6.19. The van der Waals surface area contributed by atoms with Gasteiger partial charge in [0.2, 0.25) is 0 Å². The van der Waals surface area contributed by atoms with Crippen LogP contribution in [0.2, 0.25) is 0 Å². The van der Waals surface area contributed by atoms with Gasteiger partial charge in [0.1, 0.15) is 5.82 Å². The van der Waals surface area contributed by atoms with E-state index in [4.69, 9.17) is 5.11 Å². The highest BCUT2D eigenvalue weighted by Crippen LogP contribution is 2.24. The third-order valence-electron chi connectivity index (χ3n) is 4.25. The maximum atomic E-state index is 11.0. The van der Waals surface area contributed by atoms with Crippen molar-refractivity contribution in [3.8, 4) is 0 Å². The van der Waals surface area contributed by atoms with E-state index in [9.17, 15) is 4.79 Å². The molecule has 120 valence electrons. The van der Waals surface area contributed by atoms with Crippen LogP contribution in [0.1, 0.15) is 27.0 Å². The SMILES string of the molecule is CN(C)c1ccc(CNC2Cc3ccc(C(=O)O)cc3C2)cn1. The van der Waals surface area contributed by atoms with E-state index in [1.807, 2.05) is 37.3 Å². The number of aromatic nitrogens is 1. The van der Waals surface area contributed by atoms with Gasteiger partial charge in [-0.15, -0.1) is 0 Å². The Balaban J connectivity index is 1.59. The zero-order valence-corrected chi connectivity index (χ0v) is 13.4. The molecular formula is C18H21N3O2. The van der Waals surface area contributed by atoms with E-state index < -0.39 is 5.97 Å². The monoisotopic (exact) mass is 311 g/mol. The number of anilines is 1. The van der Waals surface area contributed by atoms with E-state index in [2.05, 4.69) is 16.4 Å². The van der Waals surface area contributed by atoms with Crippen LogP contribution in [0.5, 0.6) is 0 Å². The van der Waals surface area contributed by atoms with Crippen LogP contribution in [0.25, 0.3) is 0 Å². The van der Waals surface area contributed by atoms with Crippen LogP contribution in [-0.4, -0.2) is 36.2 Å². The first-order chi connectivity index (χ1) is 11.0. The molecule has 0 radical (unpaired) electrons. The molecule has 23 heavy (non-hydrogen) atoms. The fraction of sp³-hybridized carbons (Fsp3) is 0.333. The largest absolute Gasteiger partial charge is 0.478 e. The molecule has 1 unspecified atom stereocenters. The summed E-state index contributed by atoms with van der Waals surface area (Å²) in [6.45, 7) is 0.769. The first-order valence-electron chi connectivity index (χ1n) is 7.73. The Morgan fingerprint density at radius 3 is 2.70 bits per heavy atom. The van der Waals surface area contributed by atoms with E-state index in [1.165, 1.54) is 5.56 Å². The molecule has 0 bridgehead atoms. The molecular weight excluding hydrogens is 290 g/mol. The van der Waals surface area contributed by atoms with Gasteiger partial charge in [-0.25, -0.2) is 9.78 Å². The molecule has 1 aromatic carbocycles. The minimum Gasteiger partial charge on any atom is -0.478 e. The summed E-state index contributed by atoms with van der Waals surface area (Å²) < 4.78 is 0. The highest BCUT2D eigenvalue weighted by Gasteiger charge is 2.22. The predicted molar refractivity (Wildman–Crippen MR) is 90.0 cm³/mol. The standard InChI is InChI=1S/C18H21N3O2/c1-21(2)17-6-3-12(11-20-17)10-19-16-8-13-4-5-14(18(22)23)7-15(13)9-16/h3-7,11,16,19H,8-10H2,1-2H3,(H,22,23). The van der Waals surface area contributed by atoms with Crippen LogP contribution in [-0.2, 0) is 19.4 Å². The average molecular weight is 311 g/mol. The van der Waals surface area contributed by atoms with E-state index in [1.54, 1.807) is 12.1 Å². The Bertz CT molecular complexity index is 711. The Hall–Kier alpha value is -2.40. The Morgan fingerprint density at radius 1 is 1.26 bits per heavy atom. The molecule has 5 nitrogen and oxygen atoms in total. The number of carbonyl (C=O) groups is 1. The third-order valence-corrected chi connectivity index (χ3v) is 4.25. The number of carboxylic acid groups (broad SMARTS) is 1. The van der Waals surface area contributed by atoms with E-state index in [0.29, 0.717) is 11.6 Å². The smallest absolute Gasteiger partial charge is 0.335 e. The van der Waals surface area contributed by atoms with Crippen molar-refractivity contribution in [2.75, 3.05) is 19.0 Å². The van der Waals surface area contributed by atoms with Gasteiger partial charge in [0.25, 0.3) is 0 Å². The molecule has 1 atom stereocenters. The molecule has 0 amide bonds. The predicted octanol–water partition coefficient (Wildman–Crippen LogP) is 2.10. The molecule has 2 aromatic rings. The Kier molecular flexibility index (Phi) is 4.30. The second-order valence-corrected chi connectivity index (χ2v) is 6.19. The summed E-state index contributed by atoms with van der Waals surface area (Å²) in [6, 6.07) is 9.87. The van der Waals surface area contributed by atoms with Crippen molar-refractivity contribution < 1.29 is 9.90 Å². The third kappa shape index (κ3) is 3.51. The minimum absolute atomic E-state index is 0.350. The summed E-state index contributed by atoms with van der Waals surface area (Å²) in [5, 5.41) is 12.6. The summed E-state index contributed by atoms with van der Waals surface area (Å²) in [6.07, 6.45) is 3.71. The van der Waals surface area contributed by atoms with Gasteiger partial charge in [0.05, 0.1) is 5.56 Å². The van der Waals surface area contributed by atoms with Crippen molar-refractivity contribution >= 4 is 11.8 Å². The lowest BCUT2D eigenvalue weighted by Gasteiger charge is -2.14. The lowest BCUT2D eigenvalue weighted by Crippen LogP contribution is -2.29. The quantitative estimate of drug-likeness (QED) is 0.885. The average Bonchev–Trinajstić information content (AvgIpc) is 2.95. The van der Waals surface area contributed by atoms with Crippen LogP contribution in [0.4, 0.5) is 5.82 Å². The van der Waals surface area contributed by atoms with Crippen molar-refractivity contribution in [2.45, 2.75) is 25.4 Å². The zero-order chi connectivity index (χ0) is 16.4. The number of pyridine rings is 1. The summed E-state index contributed by atoms with van der Waals surface area (Å²) in [4.78, 5) is 17.4. The molecule has 1 aliphatic rings. The van der Waals surface area contributed by atoms with Gasteiger partial charge in [0.15, 0.2) is 0 Å². The number of hydrogen-bond acceptors (Lipinski definition) is 4. The number of fused-ring (bicyclic) bond motifs is 1. The van der Waals surface area contributed by atoms with Crippen LogP contribution >= 0.6 is 0 Å². The fourth-order valence-corrected chi connectivity index (χ4v) is 2.94. The summed E-state index contributed by atoms with van der Waals surface area (Å²) in [7, 11) is 3.95. The minimum atomic E-state index is -0.865. The number of rotatable bonds is 5. The summed E-state index contributed by atoms with van der Waals surface area (Å²) in [5.41, 5.74) is 3.91. The van der Waals surface area contributed by atoms with E-state index in [0.717, 1.165) is 36.3 Å². The molecule has 0 aliphatic heterocycles. The van der Waals surface area contributed by atoms with Crippen LogP contribution in [0, 0.1) is 0 Å². The molecule has 0 saturated heterocycles. The van der Waals surface area contributed by atoms with Crippen molar-refractivity contribution in [1.82, 2.24) is 10.3 Å². The number of benzene rings is 1. The number of aromatic carboxylic acids is 1. The fourth-order valence-electron chi connectivity index (χ4n) is 2.94.